The van der Waals surface area contributed by atoms with E-state index in [0.717, 1.165) is 91.6 Å². The van der Waals surface area contributed by atoms with Crippen LogP contribution >= 0.6 is 0 Å². The van der Waals surface area contributed by atoms with Crippen LogP contribution in [0.15, 0.2) is 66.7 Å². The van der Waals surface area contributed by atoms with E-state index in [4.69, 9.17) is 9.47 Å². The lowest BCUT2D eigenvalue weighted by Crippen LogP contribution is -2.49. The van der Waals surface area contributed by atoms with Crippen LogP contribution in [-0.2, 0) is 38.1 Å². The number of ether oxygens (including phenoxy) is 2. The Morgan fingerprint density at radius 1 is 0.864 bits per heavy atom. The van der Waals surface area contributed by atoms with E-state index in [0.29, 0.717) is 37.8 Å². The molecule has 1 unspecified atom stereocenters. The van der Waals surface area contributed by atoms with Crippen LogP contribution in [0.2, 0.25) is 0 Å². The Morgan fingerprint density at radius 3 is 2.44 bits per heavy atom. The van der Waals surface area contributed by atoms with E-state index < -0.39 is 26.1 Å². The number of aryl methyl sites for hydroxylation is 1. The van der Waals surface area contributed by atoms with Crippen molar-refractivity contribution in [1.82, 2.24) is 22.8 Å². The second kappa shape index (κ2) is 16.9. The Bertz CT molecular complexity index is 2400. The van der Waals surface area contributed by atoms with Crippen LogP contribution in [0.1, 0.15) is 98.1 Å². The number of carbonyl (C=O) groups excluding carboxylic acids is 1. The fourth-order valence-corrected chi connectivity index (χ4v) is 13.8. The minimum Gasteiger partial charge on any atom is -0.497 e. The van der Waals surface area contributed by atoms with Crippen LogP contribution in [0.4, 0.5) is 0 Å². The summed E-state index contributed by atoms with van der Waals surface area (Å²) in [6.07, 6.45) is 8.77. The molecule has 3 aromatic carbocycles. The Kier molecular flexibility index (Phi) is 11.7. The van der Waals surface area contributed by atoms with Crippen molar-refractivity contribution in [3.8, 4) is 17.0 Å². The number of rotatable bonds is 11. The van der Waals surface area contributed by atoms with E-state index in [2.05, 4.69) is 50.6 Å². The molecule has 59 heavy (non-hydrogen) atoms. The second-order valence-electron chi connectivity index (χ2n) is 17.2. The molecule has 1 amide bonds. The fraction of sp³-hybridized carbons (Fsp3) is 0.533. The number of benzene rings is 3. The number of fused-ring (bicyclic) bond motifs is 6. The summed E-state index contributed by atoms with van der Waals surface area (Å²) in [5.41, 5.74) is 7.00. The molecular weight excluding hydrogens is 787 g/mol. The van der Waals surface area contributed by atoms with Gasteiger partial charge in [0.2, 0.25) is 10.0 Å². The molecule has 4 fully saturated rings. The number of hydrogen-bond donors (Lipinski definition) is 1. The lowest BCUT2D eigenvalue weighted by molar-refractivity contribution is 0.0719. The van der Waals surface area contributed by atoms with Gasteiger partial charge in [0, 0.05) is 75.3 Å². The lowest BCUT2D eigenvalue weighted by atomic mass is 9.80. The molecular formula is C45H59N5O7S2. The largest absolute Gasteiger partial charge is 0.497 e. The molecule has 1 aromatic heterocycles. The molecule has 3 saturated heterocycles. The molecule has 5 aliphatic rings. The van der Waals surface area contributed by atoms with Gasteiger partial charge in [-0.3, -0.25) is 9.69 Å². The summed E-state index contributed by atoms with van der Waals surface area (Å²) >= 11 is 0. The van der Waals surface area contributed by atoms with Crippen molar-refractivity contribution in [2.24, 2.45) is 5.92 Å². The molecule has 9 rings (SSSR count). The molecule has 0 spiro atoms. The normalized spacial score (nSPS) is 23.6. The highest BCUT2D eigenvalue weighted by atomic mass is 32.2. The maximum atomic E-state index is 14.4. The van der Waals surface area contributed by atoms with Crippen molar-refractivity contribution in [3.05, 3.63) is 89.0 Å². The van der Waals surface area contributed by atoms with E-state index in [1.165, 1.54) is 21.9 Å². The molecule has 1 N–H and O–H groups in total. The highest BCUT2D eigenvalue weighted by Crippen LogP contribution is 2.49. The summed E-state index contributed by atoms with van der Waals surface area (Å²) in [7, 11) is -5.92. The number of piperidine rings is 1. The zero-order valence-electron chi connectivity index (χ0n) is 34.1. The van der Waals surface area contributed by atoms with Gasteiger partial charge in [0.05, 0.1) is 31.8 Å². The monoisotopic (exact) mass is 845 g/mol. The van der Waals surface area contributed by atoms with Gasteiger partial charge in [-0.15, -0.1) is 0 Å². The average Bonchev–Trinajstić information content (AvgIpc) is 3.77. The third-order valence-corrected chi connectivity index (χ3v) is 17.1. The van der Waals surface area contributed by atoms with Crippen LogP contribution in [0.3, 0.4) is 0 Å². The van der Waals surface area contributed by atoms with Crippen molar-refractivity contribution in [3.63, 3.8) is 0 Å². The van der Waals surface area contributed by atoms with Crippen molar-refractivity contribution < 1.29 is 32.5 Å². The van der Waals surface area contributed by atoms with E-state index in [-0.39, 0.29) is 51.0 Å². The van der Waals surface area contributed by atoms with Crippen molar-refractivity contribution >= 4 is 37.0 Å². The van der Waals surface area contributed by atoms with Crippen LogP contribution in [0.5, 0.6) is 5.75 Å². The number of nitrogens with zero attached hydrogens (tertiary/aromatic N) is 4. The molecule has 1 aliphatic carbocycles. The quantitative estimate of drug-likeness (QED) is 0.176. The number of likely N-dealkylation sites (tertiary alicyclic amines) is 1. The Hall–Kier alpha value is -3.79. The summed E-state index contributed by atoms with van der Waals surface area (Å²) in [6, 6.07) is 22.3. The molecule has 318 valence electrons. The van der Waals surface area contributed by atoms with Gasteiger partial charge in [0.1, 0.15) is 5.75 Å². The van der Waals surface area contributed by atoms with Gasteiger partial charge in [0.25, 0.3) is 5.91 Å². The topological polar surface area (TPSA) is 130 Å². The third-order valence-electron chi connectivity index (χ3n) is 13.7. The number of hydrogen-bond acceptors (Lipinski definition) is 8. The first-order chi connectivity index (χ1) is 28.6. The van der Waals surface area contributed by atoms with Gasteiger partial charge in [-0.2, -0.15) is 17.0 Å². The zero-order valence-corrected chi connectivity index (χ0v) is 35.7. The summed E-state index contributed by atoms with van der Waals surface area (Å²) in [6.45, 7) is 4.67. The van der Waals surface area contributed by atoms with Crippen LogP contribution in [0, 0.1) is 5.92 Å². The molecule has 12 nitrogen and oxygen atoms in total. The number of carbonyl (C=O) groups is 1. The van der Waals surface area contributed by atoms with E-state index in [1.54, 1.807) is 13.2 Å². The minimum atomic E-state index is -4.04. The van der Waals surface area contributed by atoms with E-state index in [9.17, 15) is 21.6 Å². The average molecular weight is 846 g/mol. The fourth-order valence-electron chi connectivity index (χ4n) is 10.8. The number of nitrogens with one attached hydrogen (secondary N) is 1. The number of morpholine rings is 1. The number of amides is 1. The third kappa shape index (κ3) is 8.20. The van der Waals surface area contributed by atoms with E-state index >= 15 is 0 Å². The standard InChI is InChI=1S/C45H57N5O7S2.H2/c1-56-37-15-17-38-40(28-37)33(19-26-58(52,53)50-20-8-13-36-30-47(31-42(36)50)29-32-9-4-2-5-10-32)18-21-49-41-27-35(45(51)46-59(54,55)48-22-24-57-25-23-48)14-16-39(41)43(44(38)49)34-11-6-3-7-12-34;/h2,4-5,9-10,14-17,27-28,33-34,36,42H,3,6-8,11-13,18-26,29-31H2,1H3,(H,46,51);1H/t33?,36-,42+;/m0./s1. The second-order valence-corrected chi connectivity index (χ2v) is 20.9. The Morgan fingerprint density at radius 2 is 1.66 bits per heavy atom. The minimum absolute atomic E-state index is 0. The highest BCUT2D eigenvalue weighted by molar-refractivity contribution is 7.89. The first-order valence-corrected chi connectivity index (χ1v) is 24.6. The summed E-state index contributed by atoms with van der Waals surface area (Å²) in [5.74, 6) is 0.769. The van der Waals surface area contributed by atoms with E-state index in [1.807, 2.05) is 28.6 Å². The van der Waals surface area contributed by atoms with Crippen molar-refractivity contribution in [2.45, 2.75) is 88.8 Å². The summed E-state index contributed by atoms with van der Waals surface area (Å²) in [5, 5.41) is 1.08. The molecule has 4 aliphatic heterocycles. The lowest BCUT2D eigenvalue weighted by Gasteiger charge is -2.36. The molecule has 1 saturated carbocycles. The van der Waals surface area contributed by atoms with Gasteiger partial charge in [-0.05, 0) is 103 Å². The molecule has 0 bridgehead atoms. The van der Waals surface area contributed by atoms with Crippen LogP contribution < -0.4 is 9.46 Å². The van der Waals surface area contributed by atoms with Gasteiger partial charge >= 0.3 is 10.2 Å². The van der Waals surface area contributed by atoms with Crippen molar-refractivity contribution in [1.29, 1.82) is 0 Å². The van der Waals surface area contributed by atoms with Gasteiger partial charge in [0.15, 0.2) is 0 Å². The molecule has 3 atom stereocenters. The zero-order chi connectivity index (χ0) is 40.7. The number of methoxy groups -OCH3 is 1. The van der Waals surface area contributed by atoms with Gasteiger partial charge in [-0.25, -0.2) is 13.1 Å². The smallest absolute Gasteiger partial charge is 0.304 e. The molecule has 14 heteroatoms. The van der Waals surface area contributed by atoms with Gasteiger partial charge < -0.3 is 14.0 Å². The molecule has 5 heterocycles. The number of aromatic nitrogens is 1. The first kappa shape index (κ1) is 40.6. The predicted octanol–water partition coefficient (Wildman–Crippen LogP) is 6.72. The molecule has 0 radical (unpaired) electrons. The number of sulfonamides is 1. The highest BCUT2D eigenvalue weighted by Gasteiger charge is 2.44. The molecule has 4 aromatic rings. The Balaban J connectivity index is 0.00000499. The van der Waals surface area contributed by atoms with Crippen LogP contribution in [0.25, 0.3) is 22.2 Å². The summed E-state index contributed by atoms with van der Waals surface area (Å²) < 4.78 is 74.1. The maximum Gasteiger partial charge on any atom is 0.304 e. The van der Waals surface area contributed by atoms with Crippen molar-refractivity contribution in [2.75, 3.05) is 58.8 Å². The first-order valence-electron chi connectivity index (χ1n) is 21.6. The van der Waals surface area contributed by atoms with Gasteiger partial charge in [-0.1, -0.05) is 55.7 Å². The van der Waals surface area contributed by atoms with Crippen LogP contribution in [-0.4, -0.2) is 106 Å². The summed E-state index contributed by atoms with van der Waals surface area (Å²) in [4.78, 5) is 16.1. The maximum absolute atomic E-state index is 14.4. The Labute approximate surface area is 350 Å². The predicted molar refractivity (Wildman–Crippen MR) is 231 cm³/mol. The SMILES string of the molecule is COc1ccc2c(c1)C(CCS(=O)(=O)N1CCC[C@H]3CN(Cc4ccccc4)C[C@H]31)CCn1c-2c(C2CCCCC2)c2ccc(C(=O)NS(=O)(=O)N3CCOCC3)cc21.[HH].